The molecule has 29 heavy (non-hydrogen) atoms. The van der Waals surface area contributed by atoms with Crippen LogP contribution in [0, 0.1) is 6.92 Å². The summed E-state index contributed by atoms with van der Waals surface area (Å²) in [7, 11) is 1.47. The van der Waals surface area contributed by atoms with Crippen LogP contribution in [-0.2, 0) is 9.59 Å². The average Bonchev–Trinajstić information content (AvgIpc) is 2.71. The van der Waals surface area contributed by atoms with Gasteiger partial charge in [0.05, 0.1) is 12.3 Å². The summed E-state index contributed by atoms with van der Waals surface area (Å²) in [5, 5.41) is 6.77. The molecule has 0 saturated heterocycles. The quantitative estimate of drug-likeness (QED) is 0.571. The van der Waals surface area contributed by atoms with Crippen LogP contribution in [0.4, 0.5) is 10.5 Å². The zero-order chi connectivity index (χ0) is 21.6. The van der Waals surface area contributed by atoms with Crippen LogP contribution in [0.1, 0.15) is 15.9 Å². The molecule has 8 nitrogen and oxygen atoms in total. The molecule has 0 bridgehead atoms. The van der Waals surface area contributed by atoms with E-state index in [1.54, 1.807) is 12.1 Å². The van der Waals surface area contributed by atoms with Gasteiger partial charge in [0.25, 0.3) is 11.1 Å². The minimum atomic E-state index is -0.627. The SMILES string of the molecule is CNC(=O)CNC(=O)c1ccc(NC(=O)CSC(N)=O)cc1.Cc1ccccc1. The minimum Gasteiger partial charge on any atom is -0.361 e. The predicted octanol–water partition coefficient (Wildman–Crippen LogP) is 1.91. The number of primary amides is 1. The van der Waals surface area contributed by atoms with E-state index >= 15 is 0 Å². The molecule has 0 saturated carbocycles. The Kier molecular flexibility index (Phi) is 10.6. The van der Waals surface area contributed by atoms with Crippen molar-refractivity contribution in [3.8, 4) is 0 Å². The first kappa shape index (κ1) is 23.7. The van der Waals surface area contributed by atoms with Crippen LogP contribution in [0.5, 0.6) is 0 Å². The highest BCUT2D eigenvalue weighted by atomic mass is 32.2. The summed E-state index contributed by atoms with van der Waals surface area (Å²) in [6, 6.07) is 16.4. The highest BCUT2D eigenvalue weighted by Crippen LogP contribution is 2.10. The largest absolute Gasteiger partial charge is 0.361 e. The molecule has 0 aliphatic heterocycles. The molecule has 9 heteroatoms. The van der Waals surface area contributed by atoms with Crippen molar-refractivity contribution in [3.63, 3.8) is 0 Å². The lowest BCUT2D eigenvalue weighted by Gasteiger charge is -2.07. The van der Waals surface area contributed by atoms with Gasteiger partial charge >= 0.3 is 0 Å². The average molecular weight is 417 g/mol. The van der Waals surface area contributed by atoms with Crippen LogP contribution in [0.25, 0.3) is 0 Å². The Morgan fingerprint density at radius 3 is 2.03 bits per heavy atom. The van der Waals surface area contributed by atoms with Gasteiger partial charge in [-0.2, -0.15) is 0 Å². The van der Waals surface area contributed by atoms with Gasteiger partial charge in [-0.3, -0.25) is 19.2 Å². The molecule has 0 aliphatic carbocycles. The number of aryl methyl sites for hydroxylation is 1. The first-order chi connectivity index (χ1) is 13.8. The lowest BCUT2D eigenvalue weighted by Crippen LogP contribution is -2.35. The van der Waals surface area contributed by atoms with Crippen molar-refractivity contribution in [2.45, 2.75) is 6.92 Å². The Balaban J connectivity index is 0.000000502. The second-order valence-corrected chi connectivity index (χ2v) is 6.72. The summed E-state index contributed by atoms with van der Waals surface area (Å²) in [6.45, 7) is 1.97. The Morgan fingerprint density at radius 1 is 0.931 bits per heavy atom. The van der Waals surface area contributed by atoms with Gasteiger partial charge in [0.2, 0.25) is 11.8 Å². The molecule has 0 heterocycles. The van der Waals surface area contributed by atoms with Gasteiger partial charge in [-0.1, -0.05) is 47.7 Å². The molecule has 0 radical (unpaired) electrons. The molecule has 0 fully saturated rings. The number of nitrogens with two attached hydrogens (primary N) is 1. The molecule has 0 aliphatic rings. The molecule has 0 atom stereocenters. The van der Waals surface area contributed by atoms with E-state index in [1.165, 1.54) is 24.7 Å². The fourth-order valence-electron chi connectivity index (χ4n) is 1.92. The van der Waals surface area contributed by atoms with Gasteiger partial charge in [0.15, 0.2) is 0 Å². The molecule has 2 rings (SSSR count). The van der Waals surface area contributed by atoms with Crippen LogP contribution in [0.2, 0.25) is 0 Å². The van der Waals surface area contributed by atoms with E-state index in [0.29, 0.717) is 23.0 Å². The van der Waals surface area contributed by atoms with Crippen LogP contribution in [-0.4, -0.2) is 42.3 Å². The van der Waals surface area contributed by atoms with Crippen molar-refractivity contribution in [1.29, 1.82) is 0 Å². The summed E-state index contributed by atoms with van der Waals surface area (Å²) < 4.78 is 0. The smallest absolute Gasteiger partial charge is 0.276 e. The Labute approximate surface area is 173 Å². The minimum absolute atomic E-state index is 0.0797. The van der Waals surface area contributed by atoms with Gasteiger partial charge in [0, 0.05) is 18.3 Å². The van der Waals surface area contributed by atoms with Crippen molar-refractivity contribution in [2.75, 3.05) is 24.7 Å². The first-order valence-electron chi connectivity index (χ1n) is 8.64. The number of amides is 4. The maximum absolute atomic E-state index is 11.7. The van der Waals surface area contributed by atoms with Crippen molar-refractivity contribution in [3.05, 3.63) is 65.7 Å². The van der Waals surface area contributed by atoms with Gasteiger partial charge in [-0.15, -0.1) is 0 Å². The zero-order valence-electron chi connectivity index (χ0n) is 16.2. The summed E-state index contributed by atoms with van der Waals surface area (Å²) in [5.74, 6) is -1.15. The topological polar surface area (TPSA) is 130 Å². The molecule has 0 aromatic heterocycles. The standard InChI is InChI=1S/C13H16N4O4S.C7H8/c1-15-10(18)6-16-12(20)8-2-4-9(5-3-8)17-11(19)7-22-13(14)21;1-7-5-3-2-4-6-7/h2-5H,6-7H2,1H3,(H2,14,21)(H,15,18)(H,16,20)(H,17,19);2-6H,1H3. The number of carbonyl (C=O) groups is 4. The summed E-state index contributed by atoms with van der Waals surface area (Å²) in [5.41, 5.74) is 7.08. The number of benzene rings is 2. The van der Waals surface area contributed by atoms with E-state index in [0.717, 1.165) is 0 Å². The number of likely N-dealkylation sites (N-methyl/N-ethyl adjacent to an activating group) is 1. The number of hydrogen-bond donors (Lipinski definition) is 4. The number of hydrogen-bond acceptors (Lipinski definition) is 5. The number of rotatable bonds is 6. The van der Waals surface area contributed by atoms with E-state index in [4.69, 9.17) is 5.73 Å². The molecule has 154 valence electrons. The first-order valence-corrected chi connectivity index (χ1v) is 9.63. The monoisotopic (exact) mass is 416 g/mol. The van der Waals surface area contributed by atoms with Crippen molar-refractivity contribution in [1.82, 2.24) is 10.6 Å². The summed E-state index contributed by atoms with van der Waals surface area (Å²) in [4.78, 5) is 44.8. The van der Waals surface area contributed by atoms with E-state index in [9.17, 15) is 19.2 Å². The van der Waals surface area contributed by atoms with Crippen molar-refractivity contribution in [2.24, 2.45) is 5.73 Å². The maximum atomic E-state index is 11.7. The zero-order valence-corrected chi connectivity index (χ0v) is 17.0. The van der Waals surface area contributed by atoms with E-state index in [2.05, 4.69) is 35.0 Å². The highest BCUT2D eigenvalue weighted by Gasteiger charge is 2.08. The molecule has 2 aromatic carbocycles. The van der Waals surface area contributed by atoms with E-state index in [1.807, 2.05) is 18.2 Å². The molecule has 0 unspecified atom stereocenters. The predicted molar refractivity (Wildman–Crippen MR) is 115 cm³/mol. The lowest BCUT2D eigenvalue weighted by atomic mass is 10.2. The maximum Gasteiger partial charge on any atom is 0.276 e. The molecule has 4 amide bonds. The van der Waals surface area contributed by atoms with Crippen molar-refractivity contribution < 1.29 is 19.2 Å². The van der Waals surface area contributed by atoms with E-state index in [-0.39, 0.29) is 24.1 Å². The van der Waals surface area contributed by atoms with Crippen molar-refractivity contribution >= 4 is 40.4 Å². The van der Waals surface area contributed by atoms with Crippen LogP contribution < -0.4 is 21.7 Å². The third kappa shape index (κ3) is 10.5. The molecular weight excluding hydrogens is 392 g/mol. The lowest BCUT2D eigenvalue weighted by molar-refractivity contribution is -0.119. The summed E-state index contributed by atoms with van der Waals surface area (Å²) >= 11 is 0.703. The van der Waals surface area contributed by atoms with Crippen LogP contribution in [0.15, 0.2) is 54.6 Å². The van der Waals surface area contributed by atoms with Gasteiger partial charge in [-0.25, -0.2) is 0 Å². The fourth-order valence-corrected chi connectivity index (χ4v) is 2.27. The molecule has 5 N–H and O–H groups in total. The second-order valence-electron chi connectivity index (χ2n) is 5.74. The second kappa shape index (κ2) is 12.9. The van der Waals surface area contributed by atoms with Crippen LogP contribution in [0.3, 0.4) is 0 Å². The highest BCUT2D eigenvalue weighted by molar-refractivity contribution is 8.14. The molecule has 0 spiro atoms. The molecular formula is C20H24N4O4S. The number of nitrogens with one attached hydrogen (secondary N) is 3. The number of anilines is 1. The third-order valence-electron chi connectivity index (χ3n) is 3.41. The van der Waals surface area contributed by atoms with Crippen LogP contribution >= 0.6 is 11.8 Å². The Bertz CT molecular complexity index is 826. The number of carbonyl (C=O) groups excluding carboxylic acids is 4. The van der Waals surface area contributed by atoms with Gasteiger partial charge in [0.1, 0.15) is 0 Å². The Hall–Kier alpha value is -3.33. The fraction of sp³-hybridized carbons (Fsp3) is 0.200. The Morgan fingerprint density at radius 2 is 1.55 bits per heavy atom. The normalized spacial score (nSPS) is 9.45. The van der Waals surface area contributed by atoms with Gasteiger partial charge in [-0.05, 0) is 31.2 Å². The van der Waals surface area contributed by atoms with Gasteiger partial charge < -0.3 is 21.7 Å². The molecule has 2 aromatic rings. The number of thioether (sulfide) groups is 1. The summed E-state index contributed by atoms with van der Waals surface area (Å²) in [6.07, 6.45) is 0. The third-order valence-corrected chi connectivity index (χ3v) is 4.10. The van der Waals surface area contributed by atoms with E-state index < -0.39 is 11.1 Å².